The lowest BCUT2D eigenvalue weighted by molar-refractivity contribution is 0.0603. The number of fused-ring (bicyclic) bond motifs is 1. The number of aromatic nitrogens is 1. The van der Waals surface area contributed by atoms with Gasteiger partial charge in [-0.2, -0.15) is 0 Å². The molecular formula is C12H11NO3. The van der Waals surface area contributed by atoms with Crippen LogP contribution in [0.25, 0.3) is 10.9 Å². The van der Waals surface area contributed by atoms with Crippen molar-refractivity contribution in [3.05, 3.63) is 35.5 Å². The smallest absolute Gasteiger partial charge is 0.338 e. The molecule has 1 aromatic carbocycles. The Labute approximate surface area is 92.5 Å². The number of esters is 1. The molecule has 0 spiro atoms. The molecular weight excluding hydrogens is 206 g/mol. The number of carbonyl (C=O) groups excluding carboxylic acids is 1. The number of nitrogens with zero attached hydrogens (tertiary/aromatic N) is 1. The summed E-state index contributed by atoms with van der Waals surface area (Å²) >= 11 is 0. The quantitative estimate of drug-likeness (QED) is 0.742. The van der Waals surface area contributed by atoms with Crippen LogP contribution in [0.15, 0.2) is 24.3 Å². The van der Waals surface area contributed by atoms with Crippen LogP contribution in [0.4, 0.5) is 0 Å². The summed E-state index contributed by atoms with van der Waals surface area (Å²) in [5, 5.41) is 9.99. The van der Waals surface area contributed by atoms with Gasteiger partial charge in [-0.15, -0.1) is 0 Å². The summed E-state index contributed by atoms with van der Waals surface area (Å²) in [5.41, 5.74) is 1.82. The van der Waals surface area contributed by atoms with Crippen molar-refractivity contribution in [2.45, 2.75) is 6.92 Å². The molecule has 0 aliphatic heterocycles. The van der Waals surface area contributed by atoms with Gasteiger partial charge in [-0.25, -0.2) is 4.79 Å². The first-order chi connectivity index (χ1) is 7.61. The molecule has 1 heterocycles. The van der Waals surface area contributed by atoms with E-state index in [4.69, 9.17) is 4.74 Å². The fourth-order valence-electron chi connectivity index (χ4n) is 1.62. The molecule has 0 aliphatic carbocycles. The summed E-state index contributed by atoms with van der Waals surface area (Å²) in [6.45, 7) is 1.80. The third kappa shape index (κ3) is 1.69. The van der Waals surface area contributed by atoms with Gasteiger partial charge >= 0.3 is 5.97 Å². The molecule has 1 aromatic heterocycles. The Kier molecular flexibility index (Phi) is 2.48. The minimum atomic E-state index is -0.430. The van der Waals surface area contributed by atoms with Crippen LogP contribution in [0.1, 0.15) is 16.1 Å². The molecule has 2 aromatic rings. The minimum Gasteiger partial charge on any atom is -0.508 e. The largest absolute Gasteiger partial charge is 0.508 e. The zero-order valence-corrected chi connectivity index (χ0v) is 9.02. The van der Waals surface area contributed by atoms with E-state index in [0.717, 1.165) is 5.69 Å². The van der Waals surface area contributed by atoms with Gasteiger partial charge in [-0.3, -0.25) is 4.98 Å². The van der Waals surface area contributed by atoms with Crippen molar-refractivity contribution in [3.63, 3.8) is 0 Å². The summed E-state index contributed by atoms with van der Waals surface area (Å²) in [5.74, 6) is -0.329. The highest BCUT2D eigenvalue weighted by Crippen LogP contribution is 2.23. The van der Waals surface area contributed by atoms with E-state index < -0.39 is 5.97 Å². The van der Waals surface area contributed by atoms with Gasteiger partial charge in [0.25, 0.3) is 0 Å². The number of methoxy groups -OCH3 is 1. The van der Waals surface area contributed by atoms with E-state index in [-0.39, 0.29) is 5.75 Å². The summed E-state index contributed by atoms with van der Waals surface area (Å²) < 4.78 is 4.69. The van der Waals surface area contributed by atoms with E-state index in [1.165, 1.54) is 19.2 Å². The maximum atomic E-state index is 11.6. The molecule has 0 saturated heterocycles. The van der Waals surface area contributed by atoms with Crippen LogP contribution in [0.5, 0.6) is 5.75 Å². The molecule has 4 heteroatoms. The van der Waals surface area contributed by atoms with E-state index in [0.29, 0.717) is 16.5 Å². The lowest BCUT2D eigenvalue weighted by Gasteiger charge is -2.06. The van der Waals surface area contributed by atoms with Crippen LogP contribution in [-0.2, 0) is 4.74 Å². The number of carbonyl (C=O) groups is 1. The zero-order chi connectivity index (χ0) is 11.7. The Hall–Kier alpha value is -2.10. The van der Waals surface area contributed by atoms with Crippen LogP contribution in [0.2, 0.25) is 0 Å². The highest BCUT2D eigenvalue weighted by atomic mass is 16.5. The summed E-state index contributed by atoms with van der Waals surface area (Å²) in [6, 6.07) is 6.36. The SMILES string of the molecule is COC(=O)c1cc(C)nc2ccc(O)cc12. The van der Waals surface area contributed by atoms with Crippen molar-refractivity contribution in [2.24, 2.45) is 0 Å². The molecule has 0 amide bonds. The fourth-order valence-corrected chi connectivity index (χ4v) is 1.62. The molecule has 0 bridgehead atoms. The minimum absolute atomic E-state index is 0.100. The standard InChI is InChI=1S/C12H11NO3/c1-7-5-10(12(15)16-2)9-6-8(14)3-4-11(9)13-7/h3-6,14H,1-2H3. The summed E-state index contributed by atoms with van der Waals surface area (Å²) in [7, 11) is 1.33. The molecule has 0 radical (unpaired) electrons. The highest BCUT2D eigenvalue weighted by molar-refractivity contribution is 6.03. The second kappa shape index (κ2) is 3.81. The van der Waals surface area contributed by atoms with Crippen molar-refractivity contribution in [1.29, 1.82) is 0 Å². The fraction of sp³-hybridized carbons (Fsp3) is 0.167. The van der Waals surface area contributed by atoms with Crippen molar-refractivity contribution in [1.82, 2.24) is 4.98 Å². The van der Waals surface area contributed by atoms with Gasteiger partial charge in [0, 0.05) is 11.1 Å². The van der Waals surface area contributed by atoms with Crippen molar-refractivity contribution in [3.8, 4) is 5.75 Å². The van der Waals surface area contributed by atoms with Crippen LogP contribution in [0.3, 0.4) is 0 Å². The van der Waals surface area contributed by atoms with Crippen molar-refractivity contribution >= 4 is 16.9 Å². The number of hydrogen-bond donors (Lipinski definition) is 1. The Morgan fingerprint density at radius 3 is 2.81 bits per heavy atom. The van der Waals surface area contributed by atoms with Gasteiger partial charge < -0.3 is 9.84 Å². The van der Waals surface area contributed by atoms with Gasteiger partial charge in [-0.05, 0) is 31.2 Å². The van der Waals surface area contributed by atoms with Crippen LogP contribution in [-0.4, -0.2) is 23.2 Å². The van der Waals surface area contributed by atoms with Crippen LogP contribution in [0, 0.1) is 6.92 Å². The molecule has 16 heavy (non-hydrogen) atoms. The number of pyridine rings is 1. The highest BCUT2D eigenvalue weighted by Gasteiger charge is 2.12. The van der Waals surface area contributed by atoms with Crippen molar-refractivity contribution in [2.75, 3.05) is 7.11 Å². The molecule has 82 valence electrons. The molecule has 4 nitrogen and oxygen atoms in total. The monoisotopic (exact) mass is 217 g/mol. The number of hydrogen-bond acceptors (Lipinski definition) is 4. The van der Waals surface area contributed by atoms with E-state index in [9.17, 15) is 9.90 Å². The predicted molar refractivity (Wildman–Crippen MR) is 59.5 cm³/mol. The topological polar surface area (TPSA) is 59.4 Å². The summed E-state index contributed by atoms with van der Waals surface area (Å²) in [6.07, 6.45) is 0. The average Bonchev–Trinajstić information content (AvgIpc) is 2.27. The maximum Gasteiger partial charge on any atom is 0.338 e. The molecule has 0 atom stereocenters. The molecule has 1 N–H and O–H groups in total. The van der Waals surface area contributed by atoms with Gasteiger partial charge in [0.2, 0.25) is 0 Å². The van der Waals surface area contributed by atoms with Crippen LogP contribution < -0.4 is 0 Å². The van der Waals surface area contributed by atoms with Gasteiger partial charge in [-0.1, -0.05) is 0 Å². The predicted octanol–water partition coefficient (Wildman–Crippen LogP) is 2.04. The van der Waals surface area contributed by atoms with Gasteiger partial charge in [0.05, 0.1) is 18.2 Å². The Bertz CT molecular complexity index is 563. The third-order valence-corrected chi connectivity index (χ3v) is 2.33. The number of ether oxygens (including phenoxy) is 1. The summed E-state index contributed by atoms with van der Waals surface area (Å²) in [4.78, 5) is 15.8. The van der Waals surface area contributed by atoms with Crippen LogP contribution >= 0.6 is 0 Å². The Morgan fingerprint density at radius 2 is 2.12 bits per heavy atom. The number of phenolic OH excluding ortho intramolecular Hbond substituents is 1. The van der Waals surface area contributed by atoms with E-state index in [1.54, 1.807) is 19.1 Å². The first-order valence-electron chi connectivity index (χ1n) is 4.80. The number of aromatic hydroxyl groups is 1. The number of rotatable bonds is 1. The second-order valence-electron chi connectivity index (χ2n) is 3.50. The molecule has 0 saturated carbocycles. The van der Waals surface area contributed by atoms with E-state index in [2.05, 4.69) is 4.98 Å². The average molecular weight is 217 g/mol. The molecule has 0 fully saturated rings. The van der Waals surface area contributed by atoms with Gasteiger partial charge in [0.1, 0.15) is 5.75 Å². The molecule has 0 unspecified atom stereocenters. The normalized spacial score (nSPS) is 10.4. The second-order valence-corrected chi connectivity index (χ2v) is 3.50. The molecule has 2 rings (SSSR count). The third-order valence-electron chi connectivity index (χ3n) is 2.33. The van der Waals surface area contributed by atoms with Crippen molar-refractivity contribution < 1.29 is 14.6 Å². The first-order valence-corrected chi connectivity index (χ1v) is 4.80. The number of benzene rings is 1. The zero-order valence-electron chi connectivity index (χ0n) is 9.02. The molecule has 0 aliphatic rings. The lowest BCUT2D eigenvalue weighted by atomic mass is 10.1. The Morgan fingerprint density at radius 1 is 1.38 bits per heavy atom. The maximum absolute atomic E-state index is 11.6. The Balaban J connectivity index is 2.79. The van der Waals surface area contributed by atoms with E-state index in [1.807, 2.05) is 0 Å². The number of aryl methyl sites for hydroxylation is 1. The van der Waals surface area contributed by atoms with Gasteiger partial charge in [0.15, 0.2) is 0 Å². The number of phenols is 1. The lowest BCUT2D eigenvalue weighted by Crippen LogP contribution is -2.03. The van der Waals surface area contributed by atoms with E-state index >= 15 is 0 Å². The first kappa shape index (κ1) is 10.4.